The van der Waals surface area contributed by atoms with E-state index in [0.717, 1.165) is 0 Å². The topological polar surface area (TPSA) is 8.82 Å². The second-order valence-electron chi connectivity index (χ2n) is 3.71. The smallest absolute Gasteiger partial charge is 0.121 e. The summed E-state index contributed by atoms with van der Waals surface area (Å²) in [6.45, 7) is 4.33. The summed E-state index contributed by atoms with van der Waals surface area (Å²) in [7, 11) is 0. The number of rotatable bonds is 0. The molecule has 0 atom stereocenters. The maximum Gasteiger partial charge on any atom is 0.121 e. The van der Waals surface area contributed by atoms with Gasteiger partial charge in [0.05, 0.1) is 5.52 Å². The monoisotopic (exact) mass is 184 g/mol. The molecule has 0 saturated carbocycles. The number of hydrogen-bond acceptors (Lipinski definition) is 0. The second-order valence-corrected chi connectivity index (χ2v) is 3.71. The summed E-state index contributed by atoms with van der Waals surface area (Å²) in [6.07, 6.45) is 4.22. The minimum Gasteiger partial charge on any atom is -0.307 e. The molecular weight excluding hydrogens is 172 g/mol. The van der Waals surface area contributed by atoms with Gasteiger partial charge in [-0.05, 0) is 43.7 Å². The van der Waals surface area contributed by atoms with E-state index in [4.69, 9.17) is 0 Å². The molecule has 0 unspecified atom stereocenters. The molecule has 0 amide bonds. The lowest BCUT2D eigenvalue weighted by atomic mass is 10.2. The molecule has 0 N–H and O–H groups in total. The van der Waals surface area contributed by atoms with Gasteiger partial charge in [-0.3, -0.25) is 0 Å². The molecule has 0 saturated heterocycles. The van der Waals surface area contributed by atoms with E-state index in [1.54, 1.807) is 0 Å². The Morgan fingerprint density at radius 3 is 2.50 bits per heavy atom. The van der Waals surface area contributed by atoms with E-state index >= 15 is 0 Å². The first kappa shape index (κ1) is 7.68. The van der Waals surface area contributed by atoms with Gasteiger partial charge in [0.2, 0.25) is 0 Å². The van der Waals surface area contributed by atoms with Gasteiger partial charge in [-0.2, -0.15) is 0 Å². The first-order chi connectivity index (χ1) is 6.79. The highest BCUT2D eigenvalue weighted by atomic mass is 15.0. The van der Waals surface area contributed by atoms with Gasteiger partial charge in [0.25, 0.3) is 0 Å². The molecular formula is C12H12N2. The van der Waals surface area contributed by atoms with E-state index in [1.807, 2.05) is 0 Å². The predicted molar refractivity (Wildman–Crippen MR) is 57.8 cm³/mol. The van der Waals surface area contributed by atoms with Crippen LogP contribution in [0.4, 0.5) is 0 Å². The highest BCUT2D eigenvalue weighted by Crippen LogP contribution is 2.19. The van der Waals surface area contributed by atoms with Crippen LogP contribution in [0.2, 0.25) is 0 Å². The van der Waals surface area contributed by atoms with Crippen LogP contribution in [0.15, 0.2) is 36.7 Å². The third-order valence-corrected chi connectivity index (χ3v) is 3.01. The second kappa shape index (κ2) is 2.41. The average Bonchev–Trinajstić information content (AvgIpc) is 2.80. The van der Waals surface area contributed by atoms with E-state index in [-0.39, 0.29) is 0 Å². The zero-order valence-electron chi connectivity index (χ0n) is 8.36. The van der Waals surface area contributed by atoms with Crippen LogP contribution in [0, 0.1) is 13.8 Å². The lowest BCUT2D eigenvalue weighted by molar-refractivity contribution is 1.01. The van der Waals surface area contributed by atoms with Crippen LogP contribution in [0.25, 0.3) is 11.2 Å². The van der Waals surface area contributed by atoms with Crippen molar-refractivity contribution in [3.63, 3.8) is 0 Å². The van der Waals surface area contributed by atoms with Crippen molar-refractivity contribution in [2.24, 2.45) is 0 Å². The fourth-order valence-electron chi connectivity index (χ4n) is 2.10. The molecule has 3 aromatic rings. The van der Waals surface area contributed by atoms with E-state index in [0.29, 0.717) is 0 Å². The Labute approximate surface area is 82.4 Å². The molecule has 0 radical (unpaired) electrons. The van der Waals surface area contributed by atoms with E-state index in [9.17, 15) is 0 Å². The van der Waals surface area contributed by atoms with Crippen LogP contribution < -0.4 is 0 Å². The van der Waals surface area contributed by atoms with Crippen LogP contribution >= 0.6 is 0 Å². The first-order valence-electron chi connectivity index (χ1n) is 4.82. The summed E-state index contributed by atoms with van der Waals surface area (Å²) < 4.78 is 4.45. The van der Waals surface area contributed by atoms with E-state index in [1.165, 1.54) is 22.4 Å². The van der Waals surface area contributed by atoms with Crippen LogP contribution in [-0.2, 0) is 0 Å². The molecule has 0 aliphatic heterocycles. The first-order valence-corrected chi connectivity index (χ1v) is 4.82. The zero-order chi connectivity index (χ0) is 9.71. The summed E-state index contributed by atoms with van der Waals surface area (Å²) >= 11 is 0. The molecule has 0 fully saturated rings. The van der Waals surface area contributed by atoms with Gasteiger partial charge in [0.1, 0.15) is 5.65 Å². The van der Waals surface area contributed by atoms with Crippen LogP contribution in [0.5, 0.6) is 0 Å². The average molecular weight is 184 g/mol. The summed E-state index contributed by atoms with van der Waals surface area (Å²) in [4.78, 5) is 0. The molecule has 2 heteroatoms. The Hall–Kier alpha value is -1.70. The third-order valence-electron chi connectivity index (χ3n) is 3.01. The number of nitrogens with zero attached hydrogens (tertiary/aromatic N) is 2. The number of aryl methyl sites for hydroxylation is 2. The Bertz CT molecular complexity index is 558. The molecule has 0 aliphatic rings. The Kier molecular flexibility index (Phi) is 1.32. The Morgan fingerprint density at radius 2 is 1.64 bits per heavy atom. The van der Waals surface area contributed by atoms with Crippen molar-refractivity contribution in [1.82, 2.24) is 8.80 Å². The summed E-state index contributed by atoms with van der Waals surface area (Å²) in [5.74, 6) is 0. The molecule has 3 rings (SSSR count). The lowest BCUT2D eigenvalue weighted by Crippen LogP contribution is -1.99. The normalized spacial score (nSPS) is 11.6. The number of hydrogen-bond donors (Lipinski definition) is 0. The molecule has 14 heavy (non-hydrogen) atoms. The molecule has 3 heterocycles. The maximum absolute atomic E-state index is 2.22. The third kappa shape index (κ3) is 0.757. The van der Waals surface area contributed by atoms with Crippen molar-refractivity contribution in [2.75, 3.05) is 0 Å². The zero-order valence-corrected chi connectivity index (χ0v) is 8.36. The summed E-state index contributed by atoms with van der Waals surface area (Å²) in [6, 6.07) is 8.48. The van der Waals surface area contributed by atoms with Crippen molar-refractivity contribution in [3.05, 3.63) is 47.9 Å². The van der Waals surface area contributed by atoms with Gasteiger partial charge in [0.15, 0.2) is 0 Å². The number of aromatic nitrogens is 2. The number of fused-ring (bicyclic) bond motifs is 3. The fourth-order valence-corrected chi connectivity index (χ4v) is 2.10. The molecule has 3 aromatic heterocycles. The van der Waals surface area contributed by atoms with Crippen LogP contribution in [-0.4, -0.2) is 8.80 Å². The van der Waals surface area contributed by atoms with Gasteiger partial charge in [-0.1, -0.05) is 0 Å². The maximum atomic E-state index is 2.22. The Morgan fingerprint density at radius 1 is 0.929 bits per heavy atom. The van der Waals surface area contributed by atoms with Gasteiger partial charge in [0, 0.05) is 18.1 Å². The molecule has 0 bridgehead atoms. The van der Waals surface area contributed by atoms with Gasteiger partial charge in [-0.25, -0.2) is 0 Å². The minimum absolute atomic E-state index is 1.23. The molecule has 2 nitrogen and oxygen atoms in total. The minimum atomic E-state index is 1.23. The molecule has 0 spiro atoms. The highest BCUT2D eigenvalue weighted by Gasteiger charge is 2.06. The van der Waals surface area contributed by atoms with E-state index in [2.05, 4.69) is 59.3 Å². The molecule has 0 aliphatic carbocycles. The quantitative estimate of drug-likeness (QED) is 0.508. The molecule has 70 valence electrons. The van der Waals surface area contributed by atoms with Crippen molar-refractivity contribution in [3.8, 4) is 0 Å². The van der Waals surface area contributed by atoms with Gasteiger partial charge >= 0.3 is 0 Å². The van der Waals surface area contributed by atoms with Gasteiger partial charge < -0.3 is 8.80 Å². The van der Waals surface area contributed by atoms with Crippen molar-refractivity contribution < 1.29 is 0 Å². The Balaban J connectivity index is 2.73. The fraction of sp³-hybridized carbons (Fsp3) is 0.167. The van der Waals surface area contributed by atoms with Crippen LogP contribution in [0.3, 0.4) is 0 Å². The largest absolute Gasteiger partial charge is 0.307 e. The lowest BCUT2D eigenvalue weighted by Gasteiger charge is -2.09. The predicted octanol–water partition coefficient (Wildman–Crippen LogP) is 2.81. The van der Waals surface area contributed by atoms with Crippen LogP contribution in [0.1, 0.15) is 11.3 Å². The van der Waals surface area contributed by atoms with Crippen molar-refractivity contribution >= 4 is 11.2 Å². The SMILES string of the molecule is Cc1c(C)n2cccc2n2cccc12. The van der Waals surface area contributed by atoms with E-state index < -0.39 is 0 Å². The van der Waals surface area contributed by atoms with Crippen molar-refractivity contribution in [1.29, 1.82) is 0 Å². The summed E-state index contributed by atoms with van der Waals surface area (Å²) in [5, 5.41) is 0. The highest BCUT2D eigenvalue weighted by molar-refractivity contribution is 5.63. The summed E-state index contributed by atoms with van der Waals surface area (Å²) in [5.41, 5.74) is 5.19. The van der Waals surface area contributed by atoms with Crippen molar-refractivity contribution in [2.45, 2.75) is 13.8 Å². The molecule has 0 aromatic carbocycles. The standard InChI is InChI=1S/C12H12N2/c1-9-10(2)13-7-4-6-12(13)14-8-3-5-11(9)14/h3-8H,1-2H3. The van der Waals surface area contributed by atoms with Gasteiger partial charge in [-0.15, -0.1) is 0 Å².